The molecular formula is C11H17N3. The van der Waals surface area contributed by atoms with Crippen LogP contribution in [0.1, 0.15) is 32.4 Å². The zero-order valence-corrected chi connectivity index (χ0v) is 8.83. The fraction of sp³-hybridized carbons (Fsp3) is 0.636. The molecule has 76 valence electrons. The summed E-state index contributed by atoms with van der Waals surface area (Å²) in [5.41, 5.74) is 1.08. The highest BCUT2D eigenvalue weighted by Crippen LogP contribution is 2.23. The molecule has 3 nitrogen and oxygen atoms in total. The molecule has 1 fully saturated rings. The number of hydrogen-bond acceptors (Lipinski definition) is 3. The Bertz CT molecular complexity index is 265. The summed E-state index contributed by atoms with van der Waals surface area (Å²) in [6.07, 6.45) is 3.56. The van der Waals surface area contributed by atoms with Crippen molar-refractivity contribution in [3.8, 4) is 0 Å². The highest BCUT2D eigenvalue weighted by atomic mass is 15.2. The van der Waals surface area contributed by atoms with E-state index in [-0.39, 0.29) is 0 Å². The number of nitrogens with one attached hydrogen (secondary N) is 1. The van der Waals surface area contributed by atoms with Gasteiger partial charge in [-0.1, -0.05) is 13.8 Å². The van der Waals surface area contributed by atoms with Crippen molar-refractivity contribution in [3.63, 3.8) is 0 Å². The summed E-state index contributed by atoms with van der Waals surface area (Å²) in [7, 11) is 0. The SMILES string of the molecule is CC(C)Cc1ccc(NC2CC2)nn1. The predicted molar refractivity (Wildman–Crippen MR) is 57.2 cm³/mol. The van der Waals surface area contributed by atoms with Crippen molar-refractivity contribution in [1.29, 1.82) is 0 Å². The fourth-order valence-corrected chi connectivity index (χ4v) is 1.40. The lowest BCUT2D eigenvalue weighted by molar-refractivity contribution is 0.628. The number of aromatic nitrogens is 2. The molecule has 14 heavy (non-hydrogen) atoms. The molecule has 0 atom stereocenters. The molecule has 2 rings (SSSR count). The Hall–Kier alpha value is -1.12. The minimum Gasteiger partial charge on any atom is -0.366 e. The van der Waals surface area contributed by atoms with E-state index in [1.807, 2.05) is 6.07 Å². The van der Waals surface area contributed by atoms with Crippen LogP contribution < -0.4 is 5.32 Å². The normalized spacial score (nSPS) is 15.9. The summed E-state index contributed by atoms with van der Waals surface area (Å²) in [6.45, 7) is 4.38. The molecule has 0 aliphatic heterocycles. The molecule has 0 spiro atoms. The second-order valence-electron chi connectivity index (χ2n) is 4.43. The van der Waals surface area contributed by atoms with Crippen LogP contribution in [0, 0.1) is 5.92 Å². The van der Waals surface area contributed by atoms with Crippen LogP contribution >= 0.6 is 0 Å². The van der Waals surface area contributed by atoms with Crippen molar-refractivity contribution in [2.24, 2.45) is 5.92 Å². The topological polar surface area (TPSA) is 37.8 Å². The molecule has 1 aromatic heterocycles. The Kier molecular flexibility index (Phi) is 2.66. The van der Waals surface area contributed by atoms with Gasteiger partial charge in [0.1, 0.15) is 5.82 Å². The predicted octanol–water partition coefficient (Wildman–Crippen LogP) is 2.25. The van der Waals surface area contributed by atoms with E-state index < -0.39 is 0 Å². The van der Waals surface area contributed by atoms with E-state index in [4.69, 9.17) is 0 Å². The van der Waals surface area contributed by atoms with Crippen LogP contribution in [0.2, 0.25) is 0 Å². The lowest BCUT2D eigenvalue weighted by Gasteiger charge is -2.05. The lowest BCUT2D eigenvalue weighted by Crippen LogP contribution is -2.05. The van der Waals surface area contributed by atoms with Crippen LogP contribution in [-0.4, -0.2) is 16.2 Å². The van der Waals surface area contributed by atoms with Gasteiger partial charge < -0.3 is 5.32 Å². The van der Waals surface area contributed by atoms with E-state index in [9.17, 15) is 0 Å². The molecule has 0 amide bonds. The third kappa shape index (κ3) is 2.69. The number of rotatable bonds is 4. The molecule has 0 bridgehead atoms. The van der Waals surface area contributed by atoms with Gasteiger partial charge in [0.2, 0.25) is 0 Å². The van der Waals surface area contributed by atoms with E-state index in [1.165, 1.54) is 12.8 Å². The maximum Gasteiger partial charge on any atom is 0.148 e. The minimum atomic E-state index is 0.645. The van der Waals surface area contributed by atoms with Crippen molar-refractivity contribution in [1.82, 2.24) is 10.2 Å². The van der Waals surface area contributed by atoms with E-state index in [1.54, 1.807) is 0 Å². The molecule has 1 saturated carbocycles. The standard InChI is InChI=1S/C11H17N3/c1-8(2)7-10-5-6-11(14-13-10)12-9-3-4-9/h5-6,8-9H,3-4,7H2,1-2H3,(H,12,14). The second kappa shape index (κ2) is 3.95. The van der Waals surface area contributed by atoms with Crippen LogP contribution in [-0.2, 0) is 6.42 Å². The van der Waals surface area contributed by atoms with Crippen LogP contribution in [0.15, 0.2) is 12.1 Å². The summed E-state index contributed by atoms with van der Waals surface area (Å²) in [5, 5.41) is 11.7. The number of hydrogen-bond donors (Lipinski definition) is 1. The quantitative estimate of drug-likeness (QED) is 0.793. The minimum absolute atomic E-state index is 0.645. The first-order valence-electron chi connectivity index (χ1n) is 5.33. The van der Waals surface area contributed by atoms with Gasteiger partial charge in [-0.25, -0.2) is 0 Å². The zero-order chi connectivity index (χ0) is 9.97. The van der Waals surface area contributed by atoms with Crippen LogP contribution in [0.3, 0.4) is 0 Å². The summed E-state index contributed by atoms with van der Waals surface area (Å²) < 4.78 is 0. The van der Waals surface area contributed by atoms with Gasteiger partial charge >= 0.3 is 0 Å². The maximum absolute atomic E-state index is 4.19. The van der Waals surface area contributed by atoms with E-state index in [0.29, 0.717) is 12.0 Å². The average Bonchev–Trinajstić information content (AvgIpc) is 2.91. The van der Waals surface area contributed by atoms with E-state index in [0.717, 1.165) is 17.9 Å². The van der Waals surface area contributed by atoms with Crippen molar-refractivity contribution >= 4 is 5.82 Å². The third-order valence-electron chi connectivity index (χ3n) is 2.27. The van der Waals surface area contributed by atoms with Gasteiger partial charge in [-0.05, 0) is 37.3 Å². The van der Waals surface area contributed by atoms with Crippen LogP contribution in [0.5, 0.6) is 0 Å². The monoisotopic (exact) mass is 191 g/mol. The van der Waals surface area contributed by atoms with Crippen LogP contribution in [0.25, 0.3) is 0 Å². The first-order valence-corrected chi connectivity index (χ1v) is 5.33. The largest absolute Gasteiger partial charge is 0.366 e. The zero-order valence-electron chi connectivity index (χ0n) is 8.83. The Balaban J connectivity index is 1.94. The molecule has 1 aliphatic carbocycles. The van der Waals surface area contributed by atoms with Gasteiger partial charge in [-0.15, -0.1) is 5.10 Å². The van der Waals surface area contributed by atoms with Gasteiger partial charge in [-0.2, -0.15) is 5.10 Å². The third-order valence-corrected chi connectivity index (χ3v) is 2.27. The molecule has 0 saturated heterocycles. The molecule has 1 aliphatic rings. The molecule has 0 radical (unpaired) electrons. The van der Waals surface area contributed by atoms with Gasteiger partial charge in [0.05, 0.1) is 5.69 Å². The highest BCUT2D eigenvalue weighted by molar-refractivity contribution is 5.35. The summed E-state index contributed by atoms with van der Waals surface area (Å²) in [5.74, 6) is 1.56. The molecule has 1 heterocycles. The Labute approximate surface area is 84.9 Å². The van der Waals surface area contributed by atoms with Crippen molar-refractivity contribution in [3.05, 3.63) is 17.8 Å². The first-order chi connectivity index (χ1) is 6.74. The smallest absolute Gasteiger partial charge is 0.148 e. The van der Waals surface area contributed by atoms with Gasteiger partial charge in [-0.3, -0.25) is 0 Å². The average molecular weight is 191 g/mol. The van der Waals surface area contributed by atoms with E-state index >= 15 is 0 Å². The highest BCUT2D eigenvalue weighted by Gasteiger charge is 2.21. The summed E-state index contributed by atoms with van der Waals surface area (Å²) in [6, 6.07) is 4.75. The molecule has 0 aromatic carbocycles. The lowest BCUT2D eigenvalue weighted by atomic mass is 10.1. The first kappa shape index (κ1) is 9.44. The maximum atomic E-state index is 4.19. The summed E-state index contributed by atoms with van der Waals surface area (Å²) in [4.78, 5) is 0. The molecule has 3 heteroatoms. The Morgan fingerprint density at radius 1 is 1.36 bits per heavy atom. The van der Waals surface area contributed by atoms with Gasteiger partial charge in [0, 0.05) is 6.04 Å². The Morgan fingerprint density at radius 2 is 2.14 bits per heavy atom. The van der Waals surface area contributed by atoms with Crippen molar-refractivity contribution in [2.45, 2.75) is 39.2 Å². The molecule has 1 aromatic rings. The van der Waals surface area contributed by atoms with Gasteiger partial charge in [0.25, 0.3) is 0 Å². The van der Waals surface area contributed by atoms with Crippen molar-refractivity contribution < 1.29 is 0 Å². The number of nitrogens with zero attached hydrogens (tertiary/aromatic N) is 2. The fourth-order valence-electron chi connectivity index (χ4n) is 1.40. The van der Waals surface area contributed by atoms with Gasteiger partial charge in [0.15, 0.2) is 0 Å². The van der Waals surface area contributed by atoms with E-state index in [2.05, 4.69) is 35.4 Å². The molecular weight excluding hydrogens is 174 g/mol. The second-order valence-corrected chi connectivity index (χ2v) is 4.43. The Morgan fingerprint density at radius 3 is 2.64 bits per heavy atom. The summed E-state index contributed by atoms with van der Waals surface area (Å²) >= 11 is 0. The van der Waals surface area contributed by atoms with Crippen molar-refractivity contribution in [2.75, 3.05) is 5.32 Å². The molecule has 1 N–H and O–H groups in total. The van der Waals surface area contributed by atoms with Crippen LogP contribution in [0.4, 0.5) is 5.82 Å². The number of anilines is 1. The molecule has 0 unspecified atom stereocenters.